The lowest BCUT2D eigenvalue weighted by molar-refractivity contribution is -0.274. The number of carbonyl (C=O) groups is 1. The first-order chi connectivity index (χ1) is 9.33. The number of halogens is 4. The van der Waals surface area contributed by atoms with Gasteiger partial charge in [0.05, 0.1) is 8.45 Å². The third-order valence-electron chi connectivity index (χ3n) is 2.18. The zero-order valence-corrected chi connectivity index (χ0v) is 12.7. The van der Waals surface area contributed by atoms with Crippen LogP contribution < -0.4 is 10.1 Å². The Hall–Kier alpha value is -1.29. The normalized spacial score (nSPS) is 11.2. The Bertz CT molecular complexity index is 610. The van der Waals surface area contributed by atoms with Gasteiger partial charge in [-0.2, -0.15) is 0 Å². The Morgan fingerprint density at radius 3 is 2.40 bits per heavy atom. The predicted octanol–water partition coefficient (Wildman–Crippen LogP) is 4.50. The molecule has 0 aliphatic rings. The Labute approximate surface area is 129 Å². The van der Waals surface area contributed by atoms with Gasteiger partial charge in [-0.25, -0.2) is 0 Å². The summed E-state index contributed by atoms with van der Waals surface area (Å²) in [6.07, 6.45) is -4.72. The van der Waals surface area contributed by atoms with Crippen molar-refractivity contribution >= 4 is 45.5 Å². The minimum atomic E-state index is -4.72. The molecular weight excluding hydrogens is 406 g/mol. The zero-order chi connectivity index (χ0) is 14.8. The quantitative estimate of drug-likeness (QED) is 0.753. The molecule has 1 heterocycles. The van der Waals surface area contributed by atoms with Gasteiger partial charge in [-0.15, -0.1) is 24.5 Å². The van der Waals surface area contributed by atoms with E-state index in [1.54, 1.807) is 11.4 Å². The second-order valence-corrected chi connectivity index (χ2v) is 6.47. The van der Waals surface area contributed by atoms with Crippen molar-refractivity contribution in [2.24, 2.45) is 0 Å². The van der Waals surface area contributed by atoms with Crippen molar-refractivity contribution in [2.45, 2.75) is 6.36 Å². The monoisotopic (exact) mass is 413 g/mol. The second kappa shape index (κ2) is 6.00. The first-order valence-corrected chi connectivity index (χ1v) is 7.20. The number of carbonyl (C=O) groups excluding carboxylic acids is 1. The van der Waals surface area contributed by atoms with Crippen LogP contribution in [-0.4, -0.2) is 12.3 Å². The number of rotatable bonds is 3. The van der Waals surface area contributed by atoms with Gasteiger partial charge < -0.3 is 10.1 Å². The van der Waals surface area contributed by atoms with Crippen LogP contribution in [-0.2, 0) is 0 Å². The summed E-state index contributed by atoms with van der Waals surface area (Å²) < 4.78 is 40.7. The molecule has 1 aromatic carbocycles. The number of anilines is 1. The number of amides is 1. The molecule has 0 atom stereocenters. The summed E-state index contributed by atoms with van der Waals surface area (Å²) in [6.45, 7) is 0. The molecule has 1 aromatic heterocycles. The molecule has 0 aliphatic carbocycles. The molecular formula is C12H7F3INO2S. The molecule has 0 saturated carbocycles. The predicted molar refractivity (Wildman–Crippen MR) is 78.1 cm³/mol. The van der Waals surface area contributed by atoms with Gasteiger partial charge in [-0.05, 0) is 52.9 Å². The van der Waals surface area contributed by atoms with E-state index < -0.39 is 6.36 Å². The second-order valence-electron chi connectivity index (χ2n) is 3.67. The van der Waals surface area contributed by atoms with Crippen molar-refractivity contribution in [1.29, 1.82) is 0 Å². The van der Waals surface area contributed by atoms with Crippen molar-refractivity contribution < 1.29 is 22.7 Å². The number of thiophene rings is 1. The molecule has 0 bridgehead atoms. The van der Waals surface area contributed by atoms with Crippen molar-refractivity contribution in [2.75, 3.05) is 5.32 Å². The fraction of sp³-hybridized carbons (Fsp3) is 0.0833. The van der Waals surface area contributed by atoms with E-state index in [1.807, 2.05) is 0 Å². The van der Waals surface area contributed by atoms with E-state index in [2.05, 4.69) is 32.6 Å². The zero-order valence-electron chi connectivity index (χ0n) is 9.70. The fourth-order valence-corrected chi connectivity index (χ4v) is 2.70. The third kappa shape index (κ3) is 4.37. The van der Waals surface area contributed by atoms with Crippen LogP contribution in [0.2, 0.25) is 0 Å². The Morgan fingerprint density at radius 1 is 1.25 bits per heavy atom. The van der Waals surface area contributed by atoms with Crippen molar-refractivity contribution in [3.05, 3.63) is 44.2 Å². The summed E-state index contributed by atoms with van der Waals surface area (Å²) in [5.41, 5.74) is 0.903. The minimum Gasteiger partial charge on any atom is -0.406 e. The van der Waals surface area contributed by atoms with Crippen LogP contribution in [0.3, 0.4) is 0 Å². The summed E-state index contributed by atoms with van der Waals surface area (Å²) in [6, 6.07) is 6.69. The molecule has 0 saturated heterocycles. The number of benzene rings is 1. The lowest BCUT2D eigenvalue weighted by Gasteiger charge is -2.09. The van der Waals surface area contributed by atoms with Crippen molar-refractivity contribution in [3.8, 4) is 5.75 Å². The number of hydrogen-bond donors (Lipinski definition) is 1. The molecule has 20 heavy (non-hydrogen) atoms. The molecule has 1 amide bonds. The van der Waals surface area contributed by atoms with Crippen LogP contribution in [0.5, 0.6) is 5.75 Å². The van der Waals surface area contributed by atoms with Gasteiger partial charge in [0.25, 0.3) is 5.91 Å². The van der Waals surface area contributed by atoms with E-state index in [9.17, 15) is 18.0 Å². The van der Waals surface area contributed by atoms with Crippen LogP contribution in [0.4, 0.5) is 18.9 Å². The maximum atomic E-state index is 12.0. The van der Waals surface area contributed by atoms with E-state index in [1.165, 1.54) is 23.5 Å². The molecule has 0 fully saturated rings. The highest BCUT2D eigenvalue weighted by Gasteiger charge is 2.30. The van der Waals surface area contributed by atoms with Gasteiger partial charge in [-0.1, -0.05) is 0 Å². The molecule has 2 rings (SSSR count). The SMILES string of the molecule is O=C(Nc1ccc(OC(F)(F)F)cc1)c1csc(I)c1. The molecule has 2 aromatic rings. The summed E-state index contributed by atoms with van der Waals surface area (Å²) in [4.78, 5) is 11.8. The van der Waals surface area contributed by atoms with E-state index >= 15 is 0 Å². The Balaban J connectivity index is 2.02. The number of hydrogen-bond acceptors (Lipinski definition) is 3. The molecule has 0 spiro atoms. The van der Waals surface area contributed by atoms with Gasteiger partial charge in [0.1, 0.15) is 5.75 Å². The summed E-state index contributed by atoms with van der Waals surface area (Å²) in [5, 5.41) is 4.30. The average Bonchev–Trinajstić information content (AvgIpc) is 2.77. The summed E-state index contributed by atoms with van der Waals surface area (Å²) >= 11 is 3.53. The fourth-order valence-electron chi connectivity index (χ4n) is 1.37. The van der Waals surface area contributed by atoms with Crippen LogP contribution in [0.1, 0.15) is 10.4 Å². The molecule has 1 N–H and O–H groups in total. The third-order valence-corrected chi connectivity index (χ3v) is 3.96. The number of alkyl halides is 3. The highest BCUT2D eigenvalue weighted by atomic mass is 127. The largest absolute Gasteiger partial charge is 0.573 e. The van der Waals surface area contributed by atoms with Crippen LogP contribution in [0.15, 0.2) is 35.7 Å². The number of nitrogens with one attached hydrogen (secondary N) is 1. The van der Waals surface area contributed by atoms with Crippen LogP contribution in [0.25, 0.3) is 0 Å². The van der Waals surface area contributed by atoms with Gasteiger partial charge in [-0.3, -0.25) is 4.79 Å². The van der Waals surface area contributed by atoms with Crippen molar-refractivity contribution in [3.63, 3.8) is 0 Å². The topological polar surface area (TPSA) is 38.3 Å². The lowest BCUT2D eigenvalue weighted by atomic mass is 10.2. The highest BCUT2D eigenvalue weighted by molar-refractivity contribution is 14.1. The Morgan fingerprint density at radius 2 is 1.90 bits per heavy atom. The molecule has 0 radical (unpaired) electrons. The van der Waals surface area contributed by atoms with E-state index in [4.69, 9.17) is 0 Å². The maximum Gasteiger partial charge on any atom is 0.573 e. The van der Waals surface area contributed by atoms with E-state index in [0.717, 1.165) is 15.0 Å². The molecule has 8 heteroatoms. The lowest BCUT2D eigenvalue weighted by Crippen LogP contribution is -2.17. The van der Waals surface area contributed by atoms with Crippen LogP contribution >= 0.6 is 33.9 Å². The smallest absolute Gasteiger partial charge is 0.406 e. The Kier molecular flexibility index (Phi) is 4.53. The van der Waals surface area contributed by atoms with Crippen LogP contribution in [0, 0.1) is 2.88 Å². The van der Waals surface area contributed by atoms with Gasteiger partial charge >= 0.3 is 6.36 Å². The minimum absolute atomic E-state index is 0.311. The first-order valence-electron chi connectivity index (χ1n) is 5.25. The number of ether oxygens (including phenoxy) is 1. The van der Waals surface area contributed by atoms with E-state index in [-0.39, 0.29) is 11.7 Å². The van der Waals surface area contributed by atoms with Gasteiger partial charge in [0.2, 0.25) is 0 Å². The first kappa shape index (κ1) is 15.1. The highest BCUT2D eigenvalue weighted by Crippen LogP contribution is 2.24. The molecule has 0 unspecified atom stereocenters. The van der Waals surface area contributed by atoms with Crippen molar-refractivity contribution in [1.82, 2.24) is 0 Å². The molecule has 106 valence electrons. The van der Waals surface area contributed by atoms with Gasteiger partial charge in [0.15, 0.2) is 0 Å². The standard InChI is InChI=1S/C12H7F3INO2S/c13-12(14,15)19-9-3-1-8(2-4-9)17-11(18)7-5-10(16)20-6-7/h1-6H,(H,17,18). The maximum absolute atomic E-state index is 12.0. The van der Waals surface area contributed by atoms with E-state index in [0.29, 0.717) is 11.3 Å². The molecule has 0 aliphatic heterocycles. The summed E-state index contributed by atoms with van der Waals surface area (Å²) in [7, 11) is 0. The molecule has 3 nitrogen and oxygen atoms in total. The summed E-state index contributed by atoms with van der Waals surface area (Å²) in [5.74, 6) is -0.644. The van der Waals surface area contributed by atoms with Gasteiger partial charge in [0, 0.05) is 11.1 Å². The average molecular weight is 413 g/mol.